The molecule has 2 aliphatic carbocycles. The second-order valence-electron chi connectivity index (χ2n) is 12.3. The average Bonchev–Trinajstić information content (AvgIpc) is 3.79. The standard InChI is InChI=1S/C40H35N2O5P/c1-45-40(43)39(22-26-23-41-38-21-11-10-12-27(26)38)42-48(44,46-24-36-32-17-6-2-13-28(32)29-14-3-7-18-33(29)36)47-25-37-34-19-8-4-15-30(34)31-16-5-9-20-35(31)37/h2-21,23,36-37,39,41H,22,24-25H2,1H3,(H,42,44)/t39-/m0/s1. The number of H-pyrrole nitrogens is 1. The lowest BCUT2D eigenvalue weighted by Crippen LogP contribution is -2.38. The Bertz CT molecular complexity index is 2000. The Kier molecular flexibility index (Phi) is 8.07. The number of carbonyl (C=O) groups is 1. The number of rotatable bonds is 11. The minimum atomic E-state index is -4.13. The van der Waals surface area contributed by atoms with Gasteiger partial charge in [-0.05, 0) is 56.1 Å². The molecule has 8 heteroatoms. The van der Waals surface area contributed by atoms with Crippen molar-refractivity contribution >= 4 is 24.6 Å². The monoisotopic (exact) mass is 654 g/mol. The number of esters is 1. The highest BCUT2D eigenvalue weighted by atomic mass is 31.2. The summed E-state index contributed by atoms with van der Waals surface area (Å²) in [5.41, 5.74) is 10.8. The van der Waals surface area contributed by atoms with E-state index in [0.29, 0.717) is 0 Å². The van der Waals surface area contributed by atoms with Gasteiger partial charge in [-0.2, -0.15) is 0 Å². The molecule has 0 saturated heterocycles. The molecule has 0 amide bonds. The Labute approximate surface area is 279 Å². The summed E-state index contributed by atoms with van der Waals surface area (Å²) in [6.45, 7) is 0.189. The van der Waals surface area contributed by atoms with Crippen LogP contribution in [0.3, 0.4) is 0 Å². The van der Waals surface area contributed by atoms with E-state index in [-0.39, 0.29) is 31.5 Å². The number of carbonyl (C=O) groups excluding carboxylic acids is 1. The van der Waals surface area contributed by atoms with E-state index in [1.165, 1.54) is 7.11 Å². The van der Waals surface area contributed by atoms with Crippen LogP contribution in [-0.4, -0.2) is 37.3 Å². The van der Waals surface area contributed by atoms with Gasteiger partial charge >= 0.3 is 13.7 Å². The molecule has 48 heavy (non-hydrogen) atoms. The highest BCUT2D eigenvalue weighted by Crippen LogP contribution is 2.52. The zero-order valence-corrected chi connectivity index (χ0v) is 27.4. The van der Waals surface area contributed by atoms with Gasteiger partial charge in [0.05, 0.1) is 20.3 Å². The molecule has 1 atom stereocenters. The predicted octanol–water partition coefficient (Wildman–Crippen LogP) is 8.61. The summed E-state index contributed by atoms with van der Waals surface area (Å²) in [4.78, 5) is 16.6. The molecule has 5 aromatic carbocycles. The Morgan fingerprint density at radius 1 is 0.688 bits per heavy atom. The third-order valence-corrected chi connectivity index (χ3v) is 11.3. The number of ether oxygens (including phenoxy) is 1. The van der Waals surface area contributed by atoms with Gasteiger partial charge < -0.3 is 9.72 Å². The molecular formula is C40H35N2O5P. The molecule has 7 nitrogen and oxygen atoms in total. The Morgan fingerprint density at radius 2 is 1.12 bits per heavy atom. The van der Waals surface area contributed by atoms with Crippen molar-refractivity contribution < 1.29 is 23.1 Å². The summed E-state index contributed by atoms with van der Waals surface area (Å²) < 4.78 is 33.0. The predicted molar refractivity (Wildman–Crippen MR) is 188 cm³/mol. The van der Waals surface area contributed by atoms with Crippen molar-refractivity contribution in [2.24, 2.45) is 0 Å². The van der Waals surface area contributed by atoms with Crippen LogP contribution in [-0.2, 0) is 29.6 Å². The van der Waals surface area contributed by atoms with E-state index in [4.69, 9.17) is 13.8 Å². The van der Waals surface area contributed by atoms with Gasteiger partial charge in [0.25, 0.3) is 0 Å². The largest absolute Gasteiger partial charge is 0.468 e. The molecule has 0 spiro atoms. The Morgan fingerprint density at radius 3 is 1.60 bits per heavy atom. The van der Waals surface area contributed by atoms with Crippen molar-refractivity contribution in [2.75, 3.05) is 20.3 Å². The third kappa shape index (κ3) is 5.49. The van der Waals surface area contributed by atoms with Crippen LogP contribution >= 0.6 is 7.75 Å². The van der Waals surface area contributed by atoms with E-state index in [0.717, 1.165) is 61.0 Å². The lowest BCUT2D eigenvalue weighted by atomic mass is 9.98. The van der Waals surface area contributed by atoms with Crippen molar-refractivity contribution in [2.45, 2.75) is 24.3 Å². The second kappa shape index (κ2) is 12.7. The fraction of sp³-hybridized carbons (Fsp3) is 0.175. The maximum atomic E-state index is 15.0. The zero-order valence-electron chi connectivity index (χ0n) is 26.5. The number of nitrogens with one attached hydrogen (secondary N) is 2. The molecule has 0 aliphatic heterocycles. The van der Waals surface area contributed by atoms with Gasteiger partial charge in [0.1, 0.15) is 6.04 Å². The fourth-order valence-electron chi connectivity index (χ4n) is 7.37. The summed E-state index contributed by atoms with van der Waals surface area (Å²) in [5, 5.41) is 4.03. The average molecular weight is 655 g/mol. The topological polar surface area (TPSA) is 89.7 Å². The van der Waals surface area contributed by atoms with Crippen LogP contribution in [0, 0.1) is 0 Å². The van der Waals surface area contributed by atoms with Gasteiger partial charge in [-0.25, -0.2) is 9.65 Å². The minimum Gasteiger partial charge on any atom is -0.468 e. The number of aromatic nitrogens is 1. The summed E-state index contributed by atoms with van der Waals surface area (Å²) in [6, 6.07) is 39.8. The Balaban J connectivity index is 1.12. The lowest BCUT2D eigenvalue weighted by Gasteiger charge is -2.27. The van der Waals surface area contributed by atoms with Crippen LogP contribution in [0.15, 0.2) is 128 Å². The first-order chi connectivity index (χ1) is 23.5. The van der Waals surface area contributed by atoms with E-state index in [2.05, 4.69) is 58.6 Å². The number of methoxy groups -OCH3 is 1. The molecule has 0 saturated carbocycles. The molecule has 0 fully saturated rings. The van der Waals surface area contributed by atoms with Crippen LogP contribution in [0.2, 0.25) is 0 Å². The SMILES string of the molecule is COC(=O)[C@H](Cc1c[nH]c2ccccc12)NP(=O)(OCC1c2ccccc2-c2ccccc21)OCC1c2ccccc2-c2ccccc21. The summed E-state index contributed by atoms with van der Waals surface area (Å²) in [7, 11) is -2.80. The molecule has 0 radical (unpaired) electrons. The number of benzene rings is 5. The van der Waals surface area contributed by atoms with Crippen LogP contribution in [0.5, 0.6) is 0 Å². The van der Waals surface area contributed by atoms with Crippen molar-refractivity contribution in [3.05, 3.63) is 155 Å². The first-order valence-corrected chi connectivity index (χ1v) is 17.7. The molecule has 0 bridgehead atoms. The van der Waals surface area contributed by atoms with Crippen LogP contribution in [0.25, 0.3) is 33.2 Å². The molecule has 2 N–H and O–H groups in total. The summed E-state index contributed by atoms with van der Waals surface area (Å²) in [5.74, 6) is -0.871. The van der Waals surface area contributed by atoms with Crippen LogP contribution < -0.4 is 5.09 Å². The first kappa shape index (κ1) is 30.5. The molecule has 0 unspecified atom stereocenters. The smallest absolute Gasteiger partial charge is 0.406 e. The van der Waals surface area contributed by atoms with Crippen molar-refractivity contribution in [3.63, 3.8) is 0 Å². The zero-order chi connectivity index (χ0) is 32.7. The van der Waals surface area contributed by atoms with Crippen molar-refractivity contribution in [3.8, 4) is 22.3 Å². The van der Waals surface area contributed by atoms with E-state index in [1.54, 1.807) is 0 Å². The lowest BCUT2D eigenvalue weighted by molar-refractivity contribution is -0.142. The van der Waals surface area contributed by atoms with Crippen LogP contribution in [0.4, 0.5) is 0 Å². The van der Waals surface area contributed by atoms with Gasteiger partial charge in [-0.15, -0.1) is 0 Å². The van der Waals surface area contributed by atoms with Crippen LogP contribution in [0.1, 0.15) is 39.7 Å². The van der Waals surface area contributed by atoms with E-state index >= 15 is 4.57 Å². The molecule has 8 rings (SSSR count). The van der Waals surface area contributed by atoms with Gasteiger partial charge in [0, 0.05) is 35.4 Å². The number of para-hydroxylation sites is 1. The maximum absolute atomic E-state index is 15.0. The molecule has 1 aromatic heterocycles. The minimum absolute atomic E-state index is 0.0944. The molecule has 1 heterocycles. The van der Waals surface area contributed by atoms with Crippen molar-refractivity contribution in [1.82, 2.24) is 10.1 Å². The quantitative estimate of drug-likeness (QED) is 0.107. The number of hydrogen-bond donors (Lipinski definition) is 2. The van der Waals surface area contributed by atoms with Gasteiger partial charge in [0.2, 0.25) is 0 Å². The van der Waals surface area contributed by atoms with E-state index in [1.807, 2.05) is 79.0 Å². The summed E-state index contributed by atoms with van der Waals surface area (Å²) >= 11 is 0. The second-order valence-corrected chi connectivity index (χ2v) is 14.1. The fourth-order valence-corrected chi connectivity index (χ4v) is 8.86. The maximum Gasteiger partial charge on any atom is 0.406 e. The number of fused-ring (bicyclic) bond motifs is 7. The van der Waals surface area contributed by atoms with Gasteiger partial charge in [-0.3, -0.25) is 13.8 Å². The number of hydrogen-bond acceptors (Lipinski definition) is 5. The van der Waals surface area contributed by atoms with Gasteiger partial charge in [0.15, 0.2) is 0 Å². The molecule has 6 aromatic rings. The third-order valence-electron chi connectivity index (χ3n) is 9.65. The Hall–Kier alpha value is -4.78. The molecule has 2 aliphatic rings. The highest BCUT2D eigenvalue weighted by Gasteiger charge is 2.38. The summed E-state index contributed by atoms with van der Waals surface area (Å²) in [6.07, 6.45) is 2.09. The van der Waals surface area contributed by atoms with E-state index in [9.17, 15) is 4.79 Å². The first-order valence-electron chi connectivity index (χ1n) is 16.2. The normalized spacial score (nSPS) is 14.4. The van der Waals surface area contributed by atoms with Gasteiger partial charge in [-0.1, -0.05) is 115 Å². The number of aromatic amines is 1. The van der Waals surface area contributed by atoms with E-state index < -0.39 is 19.8 Å². The molecular weight excluding hydrogens is 619 g/mol. The van der Waals surface area contributed by atoms with Crippen molar-refractivity contribution in [1.29, 1.82) is 0 Å². The molecule has 240 valence electrons. The highest BCUT2D eigenvalue weighted by molar-refractivity contribution is 7.51.